The van der Waals surface area contributed by atoms with Gasteiger partial charge in [0, 0.05) is 37.6 Å². The standard InChI is InChI=1S/C25H25N5O4/c1-14-26-22-17(12-29-8-2-3-9-29)11-19(27-24(22)34-14)15-4-5-18-16(10-15)13-30(25(18)33)20-6-7-21(31)28-23(20)32/h4-5,10-11,20H,2-3,6-9,12-13H2,1H3,(H,28,31,32). The van der Waals surface area contributed by atoms with E-state index in [2.05, 4.69) is 21.3 Å². The van der Waals surface area contributed by atoms with Crippen molar-refractivity contribution < 1.29 is 18.8 Å². The number of hydrogen-bond acceptors (Lipinski definition) is 7. The van der Waals surface area contributed by atoms with Crippen LogP contribution >= 0.6 is 0 Å². The van der Waals surface area contributed by atoms with E-state index in [-0.39, 0.29) is 18.2 Å². The number of carbonyl (C=O) groups excluding carboxylic acids is 3. The Labute approximate surface area is 196 Å². The molecule has 3 aliphatic heterocycles. The Bertz CT molecular complexity index is 1340. The van der Waals surface area contributed by atoms with Crippen LogP contribution < -0.4 is 5.32 Å². The smallest absolute Gasteiger partial charge is 0.255 e. The molecule has 0 saturated carbocycles. The van der Waals surface area contributed by atoms with E-state index in [1.807, 2.05) is 19.1 Å². The largest absolute Gasteiger partial charge is 0.423 e. The van der Waals surface area contributed by atoms with Crippen molar-refractivity contribution >= 4 is 29.0 Å². The first-order valence-corrected chi connectivity index (χ1v) is 11.7. The van der Waals surface area contributed by atoms with E-state index in [1.54, 1.807) is 11.0 Å². The topological polar surface area (TPSA) is 109 Å². The number of amides is 3. The van der Waals surface area contributed by atoms with Gasteiger partial charge >= 0.3 is 0 Å². The monoisotopic (exact) mass is 459 g/mol. The summed E-state index contributed by atoms with van der Waals surface area (Å²) in [5, 5.41) is 2.34. The van der Waals surface area contributed by atoms with E-state index < -0.39 is 11.9 Å². The van der Waals surface area contributed by atoms with Crippen LogP contribution in [0.15, 0.2) is 28.7 Å². The molecule has 1 atom stereocenters. The maximum Gasteiger partial charge on any atom is 0.255 e. The quantitative estimate of drug-likeness (QED) is 0.597. The highest BCUT2D eigenvalue weighted by atomic mass is 16.4. The highest BCUT2D eigenvalue weighted by molar-refractivity contribution is 6.05. The number of carbonyl (C=O) groups is 3. The molecule has 0 aliphatic carbocycles. The van der Waals surface area contributed by atoms with Gasteiger partial charge in [-0.25, -0.2) is 9.97 Å². The predicted octanol–water partition coefficient (Wildman–Crippen LogP) is 2.56. The number of aryl methyl sites for hydroxylation is 1. The summed E-state index contributed by atoms with van der Waals surface area (Å²) in [4.78, 5) is 50.1. The van der Waals surface area contributed by atoms with Gasteiger partial charge in [-0.1, -0.05) is 6.07 Å². The molecule has 3 aromatic rings. The van der Waals surface area contributed by atoms with Gasteiger partial charge in [-0.15, -0.1) is 0 Å². The molecule has 2 aromatic heterocycles. The molecule has 0 bridgehead atoms. The third-order valence-corrected chi connectivity index (χ3v) is 6.97. The van der Waals surface area contributed by atoms with Crippen molar-refractivity contribution in [2.24, 2.45) is 0 Å². The maximum absolute atomic E-state index is 13.0. The lowest BCUT2D eigenvalue weighted by Crippen LogP contribution is -2.52. The fraction of sp³-hybridized carbons (Fsp3) is 0.400. The summed E-state index contributed by atoms with van der Waals surface area (Å²) in [5.74, 6) is -0.291. The van der Waals surface area contributed by atoms with Gasteiger partial charge in [0.15, 0.2) is 5.89 Å². The van der Waals surface area contributed by atoms with Gasteiger partial charge in [-0.2, -0.15) is 0 Å². The molecular weight excluding hydrogens is 434 g/mol. The van der Waals surface area contributed by atoms with Crippen LogP contribution in [0.25, 0.3) is 22.5 Å². The Morgan fingerprint density at radius 1 is 1.12 bits per heavy atom. The van der Waals surface area contributed by atoms with E-state index in [1.165, 1.54) is 12.8 Å². The summed E-state index contributed by atoms with van der Waals surface area (Å²) >= 11 is 0. The number of imide groups is 1. The Morgan fingerprint density at radius 3 is 2.74 bits per heavy atom. The lowest BCUT2D eigenvalue weighted by Gasteiger charge is -2.29. The predicted molar refractivity (Wildman–Crippen MR) is 123 cm³/mol. The molecule has 0 radical (unpaired) electrons. The number of hydrogen-bond donors (Lipinski definition) is 1. The van der Waals surface area contributed by atoms with Crippen molar-refractivity contribution in [1.29, 1.82) is 0 Å². The zero-order chi connectivity index (χ0) is 23.4. The zero-order valence-corrected chi connectivity index (χ0v) is 19.0. The highest BCUT2D eigenvalue weighted by Gasteiger charge is 2.39. The summed E-state index contributed by atoms with van der Waals surface area (Å²) in [5.41, 5.74) is 5.49. The van der Waals surface area contributed by atoms with Crippen LogP contribution in [0.1, 0.15) is 53.1 Å². The molecule has 1 aromatic carbocycles. The lowest BCUT2D eigenvalue weighted by atomic mass is 10.0. The van der Waals surface area contributed by atoms with Crippen molar-refractivity contribution in [3.8, 4) is 11.3 Å². The second-order valence-electron chi connectivity index (χ2n) is 9.31. The third kappa shape index (κ3) is 3.56. The number of piperidine rings is 1. The highest BCUT2D eigenvalue weighted by Crippen LogP contribution is 2.32. The van der Waals surface area contributed by atoms with E-state index in [0.717, 1.165) is 47.5 Å². The molecule has 2 saturated heterocycles. The second-order valence-corrected chi connectivity index (χ2v) is 9.31. The first-order valence-electron chi connectivity index (χ1n) is 11.7. The molecule has 5 heterocycles. The first-order chi connectivity index (χ1) is 16.5. The second kappa shape index (κ2) is 8.02. The summed E-state index contributed by atoms with van der Waals surface area (Å²) in [6.07, 6.45) is 3.01. The number of likely N-dealkylation sites (tertiary alicyclic amines) is 1. The Hall–Kier alpha value is -3.59. The van der Waals surface area contributed by atoms with Gasteiger partial charge in [0.1, 0.15) is 11.6 Å². The SMILES string of the molecule is Cc1nc2c(CN3CCCC3)cc(-c3ccc4c(c3)CN(C3CCC(=O)NC3=O)C4=O)nc2o1. The van der Waals surface area contributed by atoms with Gasteiger partial charge in [-0.05, 0) is 61.7 Å². The van der Waals surface area contributed by atoms with E-state index in [4.69, 9.17) is 9.40 Å². The van der Waals surface area contributed by atoms with Gasteiger partial charge in [0.2, 0.25) is 17.5 Å². The summed E-state index contributed by atoms with van der Waals surface area (Å²) < 4.78 is 5.79. The summed E-state index contributed by atoms with van der Waals surface area (Å²) in [6, 6.07) is 7.10. The number of pyridine rings is 1. The Balaban J connectivity index is 1.33. The summed E-state index contributed by atoms with van der Waals surface area (Å²) in [7, 11) is 0. The minimum Gasteiger partial charge on any atom is -0.423 e. The van der Waals surface area contributed by atoms with Crippen molar-refractivity contribution in [3.63, 3.8) is 0 Å². The van der Waals surface area contributed by atoms with Crippen LogP contribution in [0, 0.1) is 6.92 Å². The first kappa shape index (κ1) is 21.0. The average molecular weight is 460 g/mol. The van der Waals surface area contributed by atoms with Crippen LogP contribution in [0.5, 0.6) is 0 Å². The number of nitrogens with one attached hydrogen (secondary N) is 1. The van der Waals surface area contributed by atoms with Crippen LogP contribution in [-0.2, 0) is 22.7 Å². The normalized spacial score (nSPS) is 20.9. The molecule has 0 spiro atoms. The molecule has 2 fully saturated rings. The van der Waals surface area contributed by atoms with Crippen molar-refractivity contribution in [2.75, 3.05) is 13.1 Å². The van der Waals surface area contributed by atoms with Crippen LogP contribution in [0.2, 0.25) is 0 Å². The van der Waals surface area contributed by atoms with Crippen LogP contribution in [-0.4, -0.2) is 56.6 Å². The Morgan fingerprint density at radius 2 is 1.94 bits per heavy atom. The molecule has 1 unspecified atom stereocenters. The van der Waals surface area contributed by atoms with Crippen LogP contribution in [0.4, 0.5) is 0 Å². The zero-order valence-electron chi connectivity index (χ0n) is 19.0. The molecule has 9 nitrogen and oxygen atoms in total. The van der Waals surface area contributed by atoms with E-state index in [0.29, 0.717) is 30.1 Å². The number of benzene rings is 1. The third-order valence-electron chi connectivity index (χ3n) is 6.97. The Kier molecular flexibility index (Phi) is 4.95. The van der Waals surface area contributed by atoms with Gasteiger partial charge in [-0.3, -0.25) is 24.6 Å². The molecule has 3 aliphatic rings. The number of nitrogens with zero attached hydrogens (tertiary/aromatic N) is 4. The van der Waals surface area contributed by atoms with E-state index in [9.17, 15) is 14.4 Å². The lowest BCUT2D eigenvalue weighted by molar-refractivity contribution is -0.136. The summed E-state index contributed by atoms with van der Waals surface area (Å²) in [6.45, 7) is 5.11. The fourth-order valence-electron chi connectivity index (χ4n) is 5.26. The maximum atomic E-state index is 13.0. The number of aromatic nitrogens is 2. The number of fused-ring (bicyclic) bond motifs is 2. The minimum atomic E-state index is -0.625. The molecule has 3 amide bonds. The number of rotatable bonds is 4. The molecule has 9 heteroatoms. The molecule has 34 heavy (non-hydrogen) atoms. The van der Waals surface area contributed by atoms with Gasteiger partial charge < -0.3 is 9.32 Å². The molecule has 6 rings (SSSR count). The molecule has 174 valence electrons. The minimum absolute atomic E-state index is 0.181. The molecular formula is C25H25N5O4. The van der Waals surface area contributed by atoms with Crippen molar-refractivity contribution in [3.05, 3.63) is 46.8 Å². The fourth-order valence-corrected chi connectivity index (χ4v) is 5.26. The van der Waals surface area contributed by atoms with Gasteiger partial charge in [0.05, 0.1) is 5.69 Å². The van der Waals surface area contributed by atoms with Crippen LogP contribution in [0.3, 0.4) is 0 Å². The average Bonchev–Trinajstić information content (AvgIpc) is 3.53. The van der Waals surface area contributed by atoms with E-state index >= 15 is 0 Å². The molecule has 1 N–H and O–H groups in total. The van der Waals surface area contributed by atoms with Crippen molar-refractivity contribution in [2.45, 2.75) is 51.7 Å². The van der Waals surface area contributed by atoms with Gasteiger partial charge in [0.25, 0.3) is 5.91 Å². The van der Waals surface area contributed by atoms with Crippen molar-refractivity contribution in [1.82, 2.24) is 25.1 Å². The number of oxazole rings is 1.